The number of carbonyl (C=O) groups is 1. The number of hydrogen-bond donors (Lipinski definition) is 1. The van der Waals surface area contributed by atoms with Crippen molar-refractivity contribution in [2.24, 2.45) is 0 Å². The maximum Gasteiger partial charge on any atom is 0.163 e. The lowest BCUT2D eigenvalue weighted by Gasteiger charge is -2.01. The maximum atomic E-state index is 12.9. The number of nitriles is 1. The average molecular weight is 179 g/mol. The Hall–Kier alpha value is -1.89. The van der Waals surface area contributed by atoms with Crippen LogP contribution >= 0.6 is 0 Å². The standard InChI is InChI=1S/C9H6FNO2/c1-5(12)7-3-8(10)6(4-11)2-9(7)13/h2-3,13H,1H3. The van der Waals surface area contributed by atoms with Gasteiger partial charge in [0.25, 0.3) is 0 Å². The third kappa shape index (κ3) is 1.64. The largest absolute Gasteiger partial charge is 0.507 e. The fraction of sp³-hybridized carbons (Fsp3) is 0.111. The van der Waals surface area contributed by atoms with Gasteiger partial charge in [0.15, 0.2) is 5.78 Å². The molecule has 3 nitrogen and oxygen atoms in total. The van der Waals surface area contributed by atoms with Gasteiger partial charge in [-0.05, 0) is 13.0 Å². The molecular formula is C9H6FNO2. The monoisotopic (exact) mass is 179 g/mol. The first-order valence-electron chi connectivity index (χ1n) is 3.50. The van der Waals surface area contributed by atoms with Crippen LogP contribution in [0.15, 0.2) is 12.1 Å². The molecule has 0 aliphatic carbocycles. The van der Waals surface area contributed by atoms with Gasteiger partial charge in [0, 0.05) is 6.07 Å². The number of ketones is 1. The molecule has 1 aromatic rings. The summed E-state index contributed by atoms with van der Waals surface area (Å²) < 4.78 is 12.9. The van der Waals surface area contributed by atoms with Crippen LogP contribution in [0.3, 0.4) is 0 Å². The van der Waals surface area contributed by atoms with Gasteiger partial charge in [0.05, 0.1) is 11.1 Å². The van der Waals surface area contributed by atoms with Gasteiger partial charge in [-0.15, -0.1) is 0 Å². The Bertz CT molecular complexity index is 407. The van der Waals surface area contributed by atoms with Crippen LogP contribution in [-0.2, 0) is 0 Å². The quantitative estimate of drug-likeness (QED) is 0.666. The van der Waals surface area contributed by atoms with Crippen LogP contribution in [0.4, 0.5) is 4.39 Å². The molecule has 1 aromatic carbocycles. The Labute approximate surface area is 74.0 Å². The molecule has 1 N–H and O–H groups in total. The number of phenolic OH excluding ortho intramolecular Hbond substituents is 1. The third-order valence-electron chi connectivity index (χ3n) is 1.59. The number of hydrogen-bond acceptors (Lipinski definition) is 3. The zero-order valence-corrected chi connectivity index (χ0v) is 6.84. The van der Waals surface area contributed by atoms with Crippen molar-refractivity contribution in [2.45, 2.75) is 6.92 Å². The van der Waals surface area contributed by atoms with E-state index < -0.39 is 11.6 Å². The van der Waals surface area contributed by atoms with Gasteiger partial charge in [-0.2, -0.15) is 5.26 Å². The predicted molar refractivity (Wildman–Crippen MR) is 42.8 cm³/mol. The number of phenols is 1. The molecule has 0 heterocycles. The average Bonchev–Trinajstić information content (AvgIpc) is 2.07. The summed E-state index contributed by atoms with van der Waals surface area (Å²) in [5.41, 5.74) is -0.390. The summed E-state index contributed by atoms with van der Waals surface area (Å²) in [6.07, 6.45) is 0. The summed E-state index contributed by atoms with van der Waals surface area (Å²) in [7, 11) is 0. The molecule has 0 aliphatic rings. The van der Waals surface area contributed by atoms with Crippen molar-refractivity contribution in [1.82, 2.24) is 0 Å². The summed E-state index contributed by atoms with van der Waals surface area (Å²) in [6.45, 7) is 1.21. The molecule has 0 saturated carbocycles. The summed E-state index contributed by atoms with van der Waals surface area (Å²) in [5.74, 6) is -1.61. The summed E-state index contributed by atoms with van der Waals surface area (Å²) in [5, 5.41) is 17.6. The number of Topliss-reactive ketones (excluding diaryl/α,β-unsaturated/α-hetero) is 1. The number of carbonyl (C=O) groups excluding carboxylic acids is 1. The molecule has 0 spiro atoms. The van der Waals surface area contributed by atoms with E-state index in [1.807, 2.05) is 0 Å². The molecular weight excluding hydrogens is 173 g/mol. The van der Waals surface area contributed by atoms with Gasteiger partial charge < -0.3 is 5.11 Å². The van der Waals surface area contributed by atoms with Gasteiger partial charge in [-0.25, -0.2) is 4.39 Å². The van der Waals surface area contributed by atoms with Gasteiger partial charge in [0.1, 0.15) is 17.6 Å². The Morgan fingerprint density at radius 2 is 2.23 bits per heavy atom. The van der Waals surface area contributed by atoms with E-state index >= 15 is 0 Å². The highest BCUT2D eigenvalue weighted by Crippen LogP contribution is 2.21. The molecule has 0 unspecified atom stereocenters. The molecule has 0 bridgehead atoms. The lowest BCUT2D eigenvalue weighted by atomic mass is 10.1. The Balaban J connectivity index is 3.39. The minimum atomic E-state index is -0.800. The fourth-order valence-electron chi connectivity index (χ4n) is 0.929. The predicted octanol–water partition coefficient (Wildman–Crippen LogP) is 1.61. The second-order valence-electron chi connectivity index (χ2n) is 2.52. The molecule has 0 aliphatic heterocycles. The van der Waals surface area contributed by atoms with E-state index in [-0.39, 0.29) is 16.9 Å². The normalized spacial score (nSPS) is 9.31. The molecule has 0 fully saturated rings. The fourth-order valence-corrected chi connectivity index (χ4v) is 0.929. The van der Waals surface area contributed by atoms with Gasteiger partial charge >= 0.3 is 0 Å². The Morgan fingerprint density at radius 3 is 2.69 bits per heavy atom. The smallest absolute Gasteiger partial charge is 0.163 e. The Morgan fingerprint density at radius 1 is 1.62 bits per heavy atom. The van der Waals surface area contributed by atoms with Crippen LogP contribution in [0.25, 0.3) is 0 Å². The SMILES string of the molecule is CC(=O)c1cc(F)c(C#N)cc1O. The van der Waals surface area contributed by atoms with Crippen molar-refractivity contribution < 1.29 is 14.3 Å². The van der Waals surface area contributed by atoms with Crippen molar-refractivity contribution >= 4 is 5.78 Å². The first-order chi connectivity index (χ1) is 6.06. The van der Waals surface area contributed by atoms with E-state index in [0.717, 1.165) is 12.1 Å². The third-order valence-corrected chi connectivity index (χ3v) is 1.59. The van der Waals surface area contributed by atoms with E-state index in [4.69, 9.17) is 5.26 Å². The van der Waals surface area contributed by atoms with E-state index in [2.05, 4.69) is 0 Å². The van der Waals surface area contributed by atoms with Crippen LogP contribution in [-0.4, -0.2) is 10.9 Å². The van der Waals surface area contributed by atoms with Gasteiger partial charge in [-0.1, -0.05) is 0 Å². The van der Waals surface area contributed by atoms with Gasteiger partial charge in [-0.3, -0.25) is 4.79 Å². The lowest BCUT2D eigenvalue weighted by molar-refractivity contribution is 0.101. The first kappa shape index (κ1) is 9.20. The van der Waals surface area contributed by atoms with Crippen LogP contribution in [0.5, 0.6) is 5.75 Å². The van der Waals surface area contributed by atoms with Crippen molar-refractivity contribution in [1.29, 1.82) is 5.26 Å². The van der Waals surface area contributed by atoms with Crippen LogP contribution in [0.1, 0.15) is 22.8 Å². The van der Waals surface area contributed by atoms with E-state index in [1.54, 1.807) is 6.07 Å². The lowest BCUT2D eigenvalue weighted by Crippen LogP contribution is -1.95. The summed E-state index contributed by atoms with van der Waals surface area (Å²) >= 11 is 0. The van der Waals surface area contributed by atoms with Gasteiger partial charge in [0.2, 0.25) is 0 Å². The minimum absolute atomic E-state index is 0.114. The first-order valence-corrected chi connectivity index (χ1v) is 3.50. The molecule has 0 aromatic heterocycles. The Kier molecular flexibility index (Phi) is 2.29. The van der Waals surface area contributed by atoms with E-state index in [9.17, 15) is 14.3 Å². The molecule has 4 heteroatoms. The minimum Gasteiger partial charge on any atom is -0.507 e. The van der Waals surface area contributed by atoms with Crippen LogP contribution < -0.4 is 0 Å². The summed E-state index contributed by atoms with van der Waals surface area (Å²) in [4.78, 5) is 10.8. The van der Waals surface area contributed by atoms with Crippen molar-refractivity contribution in [2.75, 3.05) is 0 Å². The molecule has 0 atom stereocenters. The number of rotatable bonds is 1. The van der Waals surface area contributed by atoms with Crippen LogP contribution in [0, 0.1) is 17.1 Å². The summed E-state index contributed by atoms with van der Waals surface area (Å²) in [6, 6.07) is 3.35. The molecule has 0 amide bonds. The van der Waals surface area contributed by atoms with E-state index in [1.165, 1.54) is 6.92 Å². The molecule has 1 rings (SSSR count). The maximum absolute atomic E-state index is 12.9. The topological polar surface area (TPSA) is 61.1 Å². The number of benzene rings is 1. The number of nitrogens with zero attached hydrogens (tertiary/aromatic N) is 1. The molecule has 0 saturated heterocycles. The highest BCUT2D eigenvalue weighted by molar-refractivity contribution is 5.96. The van der Waals surface area contributed by atoms with Crippen molar-refractivity contribution in [3.05, 3.63) is 29.1 Å². The van der Waals surface area contributed by atoms with Crippen molar-refractivity contribution in [3.8, 4) is 11.8 Å². The van der Waals surface area contributed by atoms with Crippen LogP contribution in [0.2, 0.25) is 0 Å². The second-order valence-corrected chi connectivity index (χ2v) is 2.52. The highest BCUT2D eigenvalue weighted by Gasteiger charge is 2.11. The zero-order chi connectivity index (χ0) is 10.0. The second kappa shape index (κ2) is 3.23. The zero-order valence-electron chi connectivity index (χ0n) is 6.84. The highest BCUT2D eigenvalue weighted by atomic mass is 19.1. The number of aromatic hydroxyl groups is 1. The molecule has 0 radical (unpaired) electrons. The number of halogens is 1. The molecule has 66 valence electrons. The molecule has 13 heavy (non-hydrogen) atoms. The van der Waals surface area contributed by atoms with E-state index in [0.29, 0.717) is 0 Å². The van der Waals surface area contributed by atoms with Crippen molar-refractivity contribution in [3.63, 3.8) is 0 Å².